The van der Waals surface area contributed by atoms with Crippen molar-refractivity contribution in [1.82, 2.24) is 4.90 Å². The van der Waals surface area contributed by atoms with Crippen LogP contribution in [0.4, 0.5) is 0 Å². The van der Waals surface area contributed by atoms with Crippen molar-refractivity contribution in [2.45, 2.75) is 52.0 Å². The molecule has 0 aromatic carbocycles. The zero-order chi connectivity index (χ0) is 12.6. The molecule has 0 aliphatic heterocycles. The van der Waals surface area contributed by atoms with Gasteiger partial charge in [0.25, 0.3) is 0 Å². The van der Waals surface area contributed by atoms with E-state index in [9.17, 15) is 0 Å². The highest BCUT2D eigenvalue weighted by molar-refractivity contribution is 4.98. The highest BCUT2D eigenvalue weighted by Crippen LogP contribution is 2.43. The molecule has 4 unspecified atom stereocenters. The molecule has 0 heterocycles. The monoisotopic (exact) mass is 238 g/mol. The predicted molar refractivity (Wildman–Crippen MR) is 73.9 cm³/mol. The second-order valence-electron chi connectivity index (χ2n) is 7.14. The van der Waals surface area contributed by atoms with Crippen LogP contribution in [0.5, 0.6) is 0 Å². The number of rotatable bonds is 4. The fourth-order valence-electron chi connectivity index (χ4n) is 4.07. The summed E-state index contributed by atoms with van der Waals surface area (Å²) in [7, 11) is 2.31. The summed E-state index contributed by atoms with van der Waals surface area (Å²) in [5, 5.41) is 0. The van der Waals surface area contributed by atoms with Crippen LogP contribution in [0.15, 0.2) is 0 Å². The van der Waals surface area contributed by atoms with E-state index in [1.54, 1.807) is 0 Å². The zero-order valence-electron chi connectivity index (χ0n) is 12.1. The maximum atomic E-state index is 6.15. The van der Waals surface area contributed by atoms with E-state index in [0.29, 0.717) is 5.54 Å². The first-order valence-corrected chi connectivity index (χ1v) is 7.38. The predicted octanol–water partition coefficient (Wildman–Crippen LogP) is 2.73. The smallest absolute Gasteiger partial charge is 0.0333 e. The Kier molecular flexibility index (Phi) is 3.84. The van der Waals surface area contributed by atoms with Gasteiger partial charge in [-0.1, -0.05) is 20.8 Å². The van der Waals surface area contributed by atoms with E-state index in [0.717, 1.165) is 30.2 Å². The van der Waals surface area contributed by atoms with Gasteiger partial charge in [0.15, 0.2) is 0 Å². The van der Waals surface area contributed by atoms with Crippen LogP contribution in [0.2, 0.25) is 0 Å². The van der Waals surface area contributed by atoms with Crippen LogP contribution in [-0.4, -0.2) is 30.6 Å². The molecule has 0 saturated heterocycles. The Morgan fingerprint density at radius 2 is 1.65 bits per heavy atom. The lowest BCUT2D eigenvalue weighted by Gasteiger charge is -2.48. The summed E-state index contributed by atoms with van der Waals surface area (Å²) in [6.07, 6.45) is 5.41. The van der Waals surface area contributed by atoms with Crippen LogP contribution in [0.25, 0.3) is 0 Å². The Morgan fingerprint density at radius 1 is 1.12 bits per heavy atom. The van der Waals surface area contributed by atoms with E-state index in [1.807, 2.05) is 0 Å². The number of nitrogens with two attached hydrogens (primary N) is 1. The third-order valence-corrected chi connectivity index (χ3v) is 5.24. The Labute approximate surface area is 107 Å². The van der Waals surface area contributed by atoms with Crippen LogP contribution < -0.4 is 5.73 Å². The second-order valence-corrected chi connectivity index (χ2v) is 7.14. The van der Waals surface area contributed by atoms with Crippen molar-refractivity contribution in [2.75, 3.05) is 20.1 Å². The van der Waals surface area contributed by atoms with Crippen molar-refractivity contribution in [3.05, 3.63) is 0 Å². The van der Waals surface area contributed by atoms with Crippen LogP contribution in [0.1, 0.15) is 46.5 Å². The largest absolute Gasteiger partial charge is 0.329 e. The second kappa shape index (κ2) is 4.89. The van der Waals surface area contributed by atoms with E-state index in [4.69, 9.17) is 5.73 Å². The lowest BCUT2D eigenvalue weighted by Crippen LogP contribution is -2.56. The lowest BCUT2D eigenvalue weighted by atomic mass is 9.70. The molecule has 0 aromatic rings. The molecule has 2 saturated carbocycles. The molecule has 2 N–H and O–H groups in total. The van der Waals surface area contributed by atoms with E-state index >= 15 is 0 Å². The molecule has 0 spiro atoms. The minimum atomic E-state index is 0.291. The normalized spacial score (nSPS) is 46.2. The molecule has 2 heteroatoms. The number of likely N-dealkylation sites (N-methyl/N-ethyl adjacent to an activating group) is 1. The summed E-state index contributed by atoms with van der Waals surface area (Å²) in [6.45, 7) is 9.26. The number of hydrogen-bond acceptors (Lipinski definition) is 2. The van der Waals surface area contributed by atoms with Crippen molar-refractivity contribution in [3.63, 3.8) is 0 Å². The summed E-state index contributed by atoms with van der Waals surface area (Å²) in [5.41, 5.74) is 6.44. The minimum absolute atomic E-state index is 0.291. The Hall–Kier alpha value is -0.0800. The maximum Gasteiger partial charge on any atom is 0.0333 e. The van der Waals surface area contributed by atoms with Crippen molar-refractivity contribution < 1.29 is 0 Å². The van der Waals surface area contributed by atoms with E-state index in [1.165, 1.54) is 32.2 Å². The molecule has 2 nitrogen and oxygen atoms in total. The lowest BCUT2D eigenvalue weighted by molar-refractivity contribution is 0.0349. The van der Waals surface area contributed by atoms with Crippen LogP contribution in [0.3, 0.4) is 0 Å². The molecule has 0 bridgehead atoms. The maximum absolute atomic E-state index is 6.15. The van der Waals surface area contributed by atoms with Crippen molar-refractivity contribution in [2.24, 2.45) is 29.4 Å². The first-order valence-electron chi connectivity index (χ1n) is 7.38. The molecule has 17 heavy (non-hydrogen) atoms. The molecule has 2 aliphatic carbocycles. The molecule has 0 aromatic heterocycles. The number of nitrogens with zero attached hydrogens (tertiary/aromatic N) is 1. The van der Waals surface area contributed by atoms with Gasteiger partial charge in [0.1, 0.15) is 0 Å². The average Bonchev–Trinajstić information content (AvgIpc) is 2.92. The molecule has 2 aliphatic rings. The average molecular weight is 238 g/mol. The Balaban J connectivity index is 2.01. The molecular formula is C15H30N2. The third kappa shape index (κ3) is 2.85. The fourth-order valence-corrected chi connectivity index (χ4v) is 4.07. The van der Waals surface area contributed by atoms with Gasteiger partial charge in [-0.25, -0.2) is 0 Å². The number of hydrogen-bond donors (Lipinski definition) is 1. The molecule has 2 fully saturated rings. The summed E-state index contributed by atoms with van der Waals surface area (Å²) < 4.78 is 0. The summed E-state index contributed by atoms with van der Waals surface area (Å²) in [5.74, 6) is 3.56. The summed E-state index contributed by atoms with van der Waals surface area (Å²) >= 11 is 0. The summed E-state index contributed by atoms with van der Waals surface area (Å²) in [4.78, 5) is 2.60. The first kappa shape index (κ1) is 13.4. The van der Waals surface area contributed by atoms with Gasteiger partial charge in [-0.15, -0.1) is 0 Å². The van der Waals surface area contributed by atoms with Crippen molar-refractivity contribution in [3.8, 4) is 0 Å². The van der Waals surface area contributed by atoms with E-state index in [2.05, 4.69) is 32.7 Å². The van der Waals surface area contributed by atoms with Crippen LogP contribution in [-0.2, 0) is 0 Å². The van der Waals surface area contributed by atoms with Gasteiger partial charge in [-0.2, -0.15) is 0 Å². The van der Waals surface area contributed by atoms with Gasteiger partial charge >= 0.3 is 0 Å². The van der Waals surface area contributed by atoms with Gasteiger partial charge in [0.2, 0.25) is 0 Å². The topological polar surface area (TPSA) is 29.3 Å². The van der Waals surface area contributed by atoms with Crippen molar-refractivity contribution in [1.29, 1.82) is 0 Å². The first-order chi connectivity index (χ1) is 7.97. The molecule has 4 atom stereocenters. The quantitative estimate of drug-likeness (QED) is 0.816. The van der Waals surface area contributed by atoms with Crippen LogP contribution >= 0.6 is 0 Å². The molecule has 2 rings (SSSR count). The highest BCUT2D eigenvalue weighted by atomic mass is 15.2. The molecule has 100 valence electrons. The van der Waals surface area contributed by atoms with Gasteiger partial charge in [-0.05, 0) is 56.4 Å². The van der Waals surface area contributed by atoms with Gasteiger partial charge in [0.05, 0.1) is 0 Å². The zero-order valence-corrected chi connectivity index (χ0v) is 12.1. The van der Waals surface area contributed by atoms with Crippen molar-refractivity contribution >= 4 is 0 Å². The highest BCUT2D eigenvalue weighted by Gasteiger charge is 2.43. The summed E-state index contributed by atoms with van der Waals surface area (Å²) in [6, 6.07) is 0. The Bertz CT molecular complexity index is 254. The minimum Gasteiger partial charge on any atom is -0.329 e. The van der Waals surface area contributed by atoms with E-state index < -0.39 is 0 Å². The standard InChI is InChI=1S/C15H30N2/c1-11-5-12(2)8-15(7-11,10-16)17(4)9-14-6-13(14)3/h11-14H,5-10,16H2,1-4H3. The van der Waals surface area contributed by atoms with Gasteiger partial charge in [-0.3, -0.25) is 4.90 Å². The van der Waals surface area contributed by atoms with Crippen LogP contribution in [0, 0.1) is 23.7 Å². The molecular weight excluding hydrogens is 208 g/mol. The van der Waals surface area contributed by atoms with Gasteiger partial charge < -0.3 is 5.73 Å². The molecule has 0 radical (unpaired) electrons. The Morgan fingerprint density at radius 3 is 2.06 bits per heavy atom. The van der Waals surface area contributed by atoms with Gasteiger partial charge in [0, 0.05) is 18.6 Å². The fraction of sp³-hybridized carbons (Fsp3) is 1.00. The molecule has 0 amide bonds. The third-order valence-electron chi connectivity index (χ3n) is 5.24. The SMILES string of the molecule is CC1CC(C)CC(CN)(N(C)CC2CC2C)C1. The van der Waals surface area contributed by atoms with E-state index in [-0.39, 0.29) is 0 Å².